The van der Waals surface area contributed by atoms with Crippen molar-refractivity contribution in [3.05, 3.63) is 46.9 Å². The number of anilines is 1. The average Bonchev–Trinajstić information content (AvgIpc) is 2.68. The van der Waals surface area contributed by atoms with E-state index in [1.54, 1.807) is 45.2 Å². The zero-order valence-corrected chi connectivity index (χ0v) is 10.6. The normalized spacial score (nSPS) is 10.4. The minimum Gasteiger partial charge on any atom is -0.497 e. The number of carbonyl (C=O) groups is 1. The van der Waals surface area contributed by atoms with Gasteiger partial charge in [-0.05, 0) is 38.1 Å². The van der Waals surface area contributed by atoms with Gasteiger partial charge in [-0.1, -0.05) is 0 Å². The maximum absolute atomic E-state index is 12.4. The van der Waals surface area contributed by atoms with Crippen LogP contribution in [0.15, 0.2) is 28.7 Å². The first-order chi connectivity index (χ1) is 8.52. The van der Waals surface area contributed by atoms with Crippen molar-refractivity contribution in [3.8, 4) is 5.75 Å². The summed E-state index contributed by atoms with van der Waals surface area (Å²) in [6.45, 7) is 3.56. The van der Waals surface area contributed by atoms with Gasteiger partial charge in [-0.25, -0.2) is 0 Å². The third kappa shape index (κ3) is 2.09. The SMILES string of the molecule is COc1ccc(N)c(C(=O)c2cc(C)oc2C)c1. The molecule has 0 saturated carbocycles. The number of ketones is 1. The number of methoxy groups -OCH3 is 1. The number of hydrogen-bond acceptors (Lipinski definition) is 4. The number of nitrogen functional groups attached to an aromatic ring is 1. The summed E-state index contributed by atoms with van der Waals surface area (Å²) in [7, 11) is 1.55. The van der Waals surface area contributed by atoms with Crippen LogP contribution in [0.5, 0.6) is 5.75 Å². The summed E-state index contributed by atoms with van der Waals surface area (Å²) < 4.78 is 10.5. The van der Waals surface area contributed by atoms with E-state index in [0.717, 1.165) is 0 Å². The molecule has 1 heterocycles. The molecule has 0 bridgehead atoms. The lowest BCUT2D eigenvalue weighted by Gasteiger charge is -2.06. The molecule has 94 valence electrons. The number of aryl methyl sites for hydroxylation is 2. The van der Waals surface area contributed by atoms with Crippen molar-refractivity contribution in [1.29, 1.82) is 0 Å². The van der Waals surface area contributed by atoms with E-state index in [2.05, 4.69) is 0 Å². The van der Waals surface area contributed by atoms with E-state index in [9.17, 15) is 4.79 Å². The lowest BCUT2D eigenvalue weighted by molar-refractivity contribution is 0.103. The molecule has 2 N–H and O–H groups in total. The first-order valence-electron chi connectivity index (χ1n) is 5.58. The maximum Gasteiger partial charge on any atom is 0.198 e. The Bertz CT molecular complexity index is 599. The quantitative estimate of drug-likeness (QED) is 0.667. The molecule has 0 aliphatic heterocycles. The first kappa shape index (κ1) is 12.2. The zero-order chi connectivity index (χ0) is 13.3. The first-order valence-corrected chi connectivity index (χ1v) is 5.58. The topological polar surface area (TPSA) is 65.5 Å². The molecule has 4 nitrogen and oxygen atoms in total. The molecular formula is C14H15NO3. The van der Waals surface area contributed by atoms with Gasteiger partial charge in [-0.15, -0.1) is 0 Å². The van der Waals surface area contributed by atoms with Crippen LogP contribution in [-0.4, -0.2) is 12.9 Å². The summed E-state index contributed by atoms with van der Waals surface area (Å²) in [5, 5.41) is 0. The second kappa shape index (κ2) is 4.56. The number of furan rings is 1. The van der Waals surface area contributed by atoms with Crippen LogP contribution in [-0.2, 0) is 0 Å². The second-order valence-corrected chi connectivity index (χ2v) is 4.11. The summed E-state index contributed by atoms with van der Waals surface area (Å²) in [5.41, 5.74) is 7.23. The molecule has 0 spiro atoms. The molecule has 0 radical (unpaired) electrons. The highest BCUT2D eigenvalue weighted by atomic mass is 16.5. The minimum absolute atomic E-state index is 0.152. The summed E-state index contributed by atoms with van der Waals surface area (Å²) in [4.78, 5) is 12.4. The highest BCUT2D eigenvalue weighted by molar-refractivity contribution is 6.12. The second-order valence-electron chi connectivity index (χ2n) is 4.11. The van der Waals surface area contributed by atoms with Crippen molar-refractivity contribution in [3.63, 3.8) is 0 Å². The van der Waals surface area contributed by atoms with Crippen molar-refractivity contribution < 1.29 is 13.9 Å². The minimum atomic E-state index is -0.152. The van der Waals surface area contributed by atoms with Gasteiger partial charge in [0, 0.05) is 11.3 Å². The van der Waals surface area contributed by atoms with E-state index >= 15 is 0 Å². The molecule has 0 saturated heterocycles. The smallest absolute Gasteiger partial charge is 0.198 e. The third-order valence-corrected chi connectivity index (χ3v) is 2.79. The summed E-state index contributed by atoms with van der Waals surface area (Å²) in [6, 6.07) is 6.74. The van der Waals surface area contributed by atoms with E-state index in [1.165, 1.54) is 0 Å². The molecule has 0 amide bonds. The Balaban J connectivity index is 2.48. The van der Waals surface area contributed by atoms with Gasteiger partial charge in [-0.2, -0.15) is 0 Å². The Labute approximate surface area is 105 Å². The molecule has 2 aromatic rings. The Morgan fingerprint density at radius 2 is 1.94 bits per heavy atom. The highest BCUT2D eigenvalue weighted by Crippen LogP contribution is 2.25. The predicted octanol–water partition coefficient (Wildman–Crippen LogP) is 2.72. The number of rotatable bonds is 3. The van der Waals surface area contributed by atoms with Crippen molar-refractivity contribution >= 4 is 11.5 Å². The van der Waals surface area contributed by atoms with E-state index in [0.29, 0.717) is 34.1 Å². The lowest BCUT2D eigenvalue weighted by atomic mass is 10.0. The van der Waals surface area contributed by atoms with Crippen molar-refractivity contribution in [1.82, 2.24) is 0 Å². The van der Waals surface area contributed by atoms with Crippen molar-refractivity contribution in [2.75, 3.05) is 12.8 Å². The van der Waals surface area contributed by atoms with Gasteiger partial charge >= 0.3 is 0 Å². The van der Waals surface area contributed by atoms with Crippen LogP contribution < -0.4 is 10.5 Å². The fourth-order valence-electron chi connectivity index (χ4n) is 1.86. The largest absolute Gasteiger partial charge is 0.497 e. The monoisotopic (exact) mass is 245 g/mol. The highest BCUT2D eigenvalue weighted by Gasteiger charge is 2.18. The van der Waals surface area contributed by atoms with Crippen molar-refractivity contribution in [2.24, 2.45) is 0 Å². The van der Waals surface area contributed by atoms with Crippen LogP contribution in [0.2, 0.25) is 0 Å². The molecule has 4 heteroatoms. The van der Waals surface area contributed by atoms with Crippen LogP contribution in [0.4, 0.5) is 5.69 Å². The maximum atomic E-state index is 12.4. The van der Waals surface area contributed by atoms with Gasteiger partial charge < -0.3 is 14.9 Å². The Hall–Kier alpha value is -2.23. The molecule has 0 aliphatic carbocycles. The molecule has 1 aromatic carbocycles. The van der Waals surface area contributed by atoms with Crippen LogP contribution >= 0.6 is 0 Å². The standard InChI is InChI=1S/C14H15NO3/c1-8-6-11(9(2)18-8)14(16)12-7-10(17-3)4-5-13(12)15/h4-7H,15H2,1-3H3. The molecule has 0 aliphatic rings. The van der Waals surface area contributed by atoms with Gasteiger partial charge in [0.15, 0.2) is 5.78 Å². The Morgan fingerprint density at radius 3 is 2.50 bits per heavy atom. The van der Waals surface area contributed by atoms with E-state index in [1.807, 2.05) is 0 Å². The number of nitrogens with two attached hydrogens (primary N) is 1. The molecule has 1 aromatic heterocycles. The Kier molecular flexibility index (Phi) is 3.10. The summed E-state index contributed by atoms with van der Waals surface area (Å²) >= 11 is 0. The summed E-state index contributed by atoms with van der Waals surface area (Å²) in [5.74, 6) is 1.75. The Morgan fingerprint density at radius 1 is 1.22 bits per heavy atom. The number of ether oxygens (including phenoxy) is 1. The third-order valence-electron chi connectivity index (χ3n) is 2.79. The molecule has 0 unspecified atom stereocenters. The number of hydrogen-bond donors (Lipinski definition) is 1. The van der Waals surface area contributed by atoms with Crippen LogP contribution in [0.3, 0.4) is 0 Å². The number of benzene rings is 1. The van der Waals surface area contributed by atoms with E-state index < -0.39 is 0 Å². The number of carbonyl (C=O) groups excluding carboxylic acids is 1. The fraction of sp³-hybridized carbons (Fsp3) is 0.214. The van der Waals surface area contributed by atoms with E-state index in [-0.39, 0.29) is 5.78 Å². The lowest BCUT2D eigenvalue weighted by Crippen LogP contribution is -2.06. The van der Waals surface area contributed by atoms with Gasteiger partial charge in [-0.3, -0.25) is 4.79 Å². The summed E-state index contributed by atoms with van der Waals surface area (Å²) in [6.07, 6.45) is 0. The molecule has 0 atom stereocenters. The van der Waals surface area contributed by atoms with Crippen LogP contribution in [0, 0.1) is 13.8 Å². The molecule has 18 heavy (non-hydrogen) atoms. The van der Waals surface area contributed by atoms with Crippen molar-refractivity contribution in [2.45, 2.75) is 13.8 Å². The fourth-order valence-corrected chi connectivity index (χ4v) is 1.86. The van der Waals surface area contributed by atoms with Crippen LogP contribution in [0.25, 0.3) is 0 Å². The van der Waals surface area contributed by atoms with Gasteiger partial charge in [0.1, 0.15) is 17.3 Å². The van der Waals surface area contributed by atoms with Crippen LogP contribution in [0.1, 0.15) is 27.4 Å². The molecule has 0 fully saturated rings. The molecule has 2 rings (SSSR count). The van der Waals surface area contributed by atoms with Gasteiger partial charge in [0.05, 0.1) is 12.7 Å². The van der Waals surface area contributed by atoms with E-state index in [4.69, 9.17) is 14.9 Å². The zero-order valence-electron chi connectivity index (χ0n) is 10.6. The molecular weight excluding hydrogens is 230 g/mol. The van der Waals surface area contributed by atoms with Gasteiger partial charge in [0.2, 0.25) is 0 Å². The average molecular weight is 245 g/mol. The van der Waals surface area contributed by atoms with Gasteiger partial charge in [0.25, 0.3) is 0 Å². The predicted molar refractivity (Wildman–Crippen MR) is 69.0 cm³/mol.